The van der Waals surface area contributed by atoms with Crippen LogP contribution >= 0.6 is 0 Å². The predicted octanol–water partition coefficient (Wildman–Crippen LogP) is 0.0506. The molecule has 1 aliphatic heterocycles. The highest BCUT2D eigenvalue weighted by atomic mass is 16.5. The van der Waals surface area contributed by atoms with Gasteiger partial charge in [0, 0.05) is 24.8 Å². The number of hydrogen-bond acceptors (Lipinski definition) is 4. The zero-order valence-corrected chi connectivity index (χ0v) is 10.2. The number of nitrogens with one attached hydrogen (secondary N) is 1. The second-order valence-corrected chi connectivity index (χ2v) is 4.28. The predicted molar refractivity (Wildman–Crippen MR) is 63.5 cm³/mol. The fourth-order valence-corrected chi connectivity index (χ4v) is 1.91. The van der Waals surface area contributed by atoms with Gasteiger partial charge in [-0.05, 0) is 13.0 Å². The van der Waals surface area contributed by atoms with E-state index in [9.17, 15) is 9.59 Å². The number of morpholine rings is 1. The average molecular weight is 252 g/mol. The number of carbonyl (C=O) groups is 2. The molecule has 1 aliphatic rings. The molecule has 6 heteroatoms. The fourth-order valence-electron chi connectivity index (χ4n) is 1.91. The minimum absolute atomic E-state index is 0.0829. The van der Waals surface area contributed by atoms with Crippen LogP contribution in [0.15, 0.2) is 12.3 Å². The molecule has 0 aromatic carbocycles. The number of aliphatic hydroxyl groups excluding tert-OH is 1. The van der Waals surface area contributed by atoms with Gasteiger partial charge in [0.2, 0.25) is 0 Å². The first-order valence-electron chi connectivity index (χ1n) is 5.83. The molecule has 2 heterocycles. The van der Waals surface area contributed by atoms with Crippen molar-refractivity contribution in [3.05, 3.63) is 23.5 Å². The second-order valence-electron chi connectivity index (χ2n) is 4.28. The Morgan fingerprint density at radius 1 is 1.61 bits per heavy atom. The summed E-state index contributed by atoms with van der Waals surface area (Å²) in [6, 6.07) is 1.55. The maximum absolute atomic E-state index is 12.1. The van der Waals surface area contributed by atoms with Crippen molar-refractivity contribution in [3.8, 4) is 0 Å². The van der Waals surface area contributed by atoms with Crippen molar-refractivity contribution in [1.29, 1.82) is 0 Å². The summed E-state index contributed by atoms with van der Waals surface area (Å²) in [5, 5.41) is 9.02. The monoisotopic (exact) mass is 252 g/mol. The average Bonchev–Trinajstić information content (AvgIpc) is 2.87. The summed E-state index contributed by atoms with van der Waals surface area (Å²) in [7, 11) is 0. The van der Waals surface area contributed by atoms with E-state index in [0.717, 1.165) is 0 Å². The molecule has 1 amide bonds. The zero-order valence-electron chi connectivity index (χ0n) is 10.2. The van der Waals surface area contributed by atoms with Crippen LogP contribution in [0.2, 0.25) is 0 Å². The van der Waals surface area contributed by atoms with Gasteiger partial charge in [0.25, 0.3) is 5.91 Å². The Morgan fingerprint density at radius 3 is 3.00 bits per heavy atom. The number of aromatic amines is 1. The number of Topliss-reactive ketones (excluding diaryl/α,β-unsaturated/α-hetero) is 1. The van der Waals surface area contributed by atoms with Crippen molar-refractivity contribution < 1.29 is 19.4 Å². The van der Waals surface area contributed by atoms with Crippen LogP contribution in [0.3, 0.4) is 0 Å². The minimum Gasteiger partial charge on any atom is -0.394 e. The number of amides is 1. The van der Waals surface area contributed by atoms with Crippen LogP contribution < -0.4 is 0 Å². The summed E-state index contributed by atoms with van der Waals surface area (Å²) in [5.41, 5.74) is 0.879. The molecule has 1 atom stereocenters. The zero-order chi connectivity index (χ0) is 13.1. The summed E-state index contributed by atoms with van der Waals surface area (Å²) in [5.74, 6) is -0.259. The minimum atomic E-state index is -0.329. The number of H-pyrrole nitrogens is 1. The molecule has 1 aromatic rings. The van der Waals surface area contributed by atoms with Crippen molar-refractivity contribution in [3.63, 3.8) is 0 Å². The standard InChI is InChI=1S/C12H16N2O4/c1-8(16)9-4-11(13-5-9)12(17)14-2-3-18-10(6-14)7-15/h4-5,10,13,15H,2-3,6-7H2,1H3. The van der Waals surface area contributed by atoms with E-state index in [2.05, 4.69) is 4.98 Å². The number of ketones is 1. The molecule has 0 spiro atoms. The molecule has 1 saturated heterocycles. The van der Waals surface area contributed by atoms with Gasteiger partial charge >= 0.3 is 0 Å². The van der Waals surface area contributed by atoms with E-state index in [1.54, 1.807) is 11.0 Å². The van der Waals surface area contributed by atoms with E-state index >= 15 is 0 Å². The van der Waals surface area contributed by atoms with Crippen LogP contribution in [0.5, 0.6) is 0 Å². The van der Waals surface area contributed by atoms with Crippen LogP contribution in [0, 0.1) is 0 Å². The molecule has 18 heavy (non-hydrogen) atoms. The van der Waals surface area contributed by atoms with E-state index in [1.807, 2.05) is 0 Å². The number of nitrogens with zero attached hydrogens (tertiary/aromatic N) is 1. The first-order chi connectivity index (χ1) is 8.61. The summed E-state index contributed by atoms with van der Waals surface area (Å²) in [6.45, 7) is 2.62. The first kappa shape index (κ1) is 12.8. The Hall–Kier alpha value is -1.66. The van der Waals surface area contributed by atoms with Crippen LogP contribution in [-0.4, -0.2) is 59.1 Å². The number of aliphatic hydroxyl groups is 1. The highest BCUT2D eigenvalue weighted by molar-refractivity contribution is 5.99. The molecule has 2 N–H and O–H groups in total. The van der Waals surface area contributed by atoms with E-state index in [1.165, 1.54) is 13.1 Å². The molecule has 6 nitrogen and oxygen atoms in total. The summed E-state index contributed by atoms with van der Waals surface area (Å²) < 4.78 is 5.28. The second kappa shape index (κ2) is 5.32. The van der Waals surface area contributed by atoms with Gasteiger partial charge in [-0.1, -0.05) is 0 Å². The van der Waals surface area contributed by atoms with Gasteiger partial charge in [-0.25, -0.2) is 0 Å². The largest absolute Gasteiger partial charge is 0.394 e. The van der Waals surface area contributed by atoms with Gasteiger partial charge in [-0.2, -0.15) is 0 Å². The lowest BCUT2D eigenvalue weighted by Gasteiger charge is -2.31. The first-order valence-corrected chi connectivity index (χ1v) is 5.83. The Morgan fingerprint density at radius 2 is 2.39 bits per heavy atom. The molecular formula is C12H16N2O4. The molecule has 1 fully saturated rings. The molecule has 1 unspecified atom stereocenters. The van der Waals surface area contributed by atoms with E-state index < -0.39 is 0 Å². The number of hydrogen-bond donors (Lipinski definition) is 2. The van der Waals surface area contributed by atoms with E-state index in [4.69, 9.17) is 9.84 Å². The Bertz CT molecular complexity index is 455. The van der Waals surface area contributed by atoms with Gasteiger partial charge in [-0.3, -0.25) is 9.59 Å². The van der Waals surface area contributed by atoms with Gasteiger partial charge in [0.05, 0.1) is 19.3 Å². The summed E-state index contributed by atoms with van der Waals surface area (Å²) >= 11 is 0. The normalized spacial score (nSPS) is 19.9. The Kier molecular flexibility index (Phi) is 3.78. The molecule has 0 radical (unpaired) electrons. The maximum atomic E-state index is 12.1. The maximum Gasteiger partial charge on any atom is 0.270 e. The third kappa shape index (κ3) is 2.60. The lowest BCUT2D eigenvalue weighted by Crippen LogP contribution is -2.47. The topological polar surface area (TPSA) is 82.6 Å². The summed E-state index contributed by atoms with van der Waals surface area (Å²) in [4.78, 5) is 27.7. The van der Waals surface area contributed by atoms with Crippen molar-refractivity contribution in [1.82, 2.24) is 9.88 Å². The van der Waals surface area contributed by atoms with Gasteiger partial charge < -0.3 is 19.7 Å². The molecule has 98 valence electrons. The molecule has 0 aliphatic carbocycles. The summed E-state index contributed by atoms with van der Waals surface area (Å²) in [6.07, 6.45) is 1.20. The van der Waals surface area contributed by atoms with Crippen molar-refractivity contribution in [2.75, 3.05) is 26.3 Å². The van der Waals surface area contributed by atoms with E-state index in [-0.39, 0.29) is 24.4 Å². The van der Waals surface area contributed by atoms with Gasteiger partial charge in [-0.15, -0.1) is 0 Å². The molecule has 1 aromatic heterocycles. The third-order valence-corrected chi connectivity index (χ3v) is 2.95. The SMILES string of the molecule is CC(=O)c1c[nH]c(C(=O)N2CCOC(CO)C2)c1. The number of rotatable bonds is 3. The lowest BCUT2D eigenvalue weighted by atomic mass is 10.2. The molecule has 0 saturated carbocycles. The number of aromatic nitrogens is 1. The molecule has 2 rings (SSSR count). The van der Waals surface area contributed by atoms with Crippen molar-refractivity contribution in [2.24, 2.45) is 0 Å². The number of ether oxygens (including phenoxy) is 1. The molecular weight excluding hydrogens is 236 g/mol. The number of carbonyl (C=O) groups excluding carboxylic acids is 2. The van der Waals surface area contributed by atoms with Crippen LogP contribution in [-0.2, 0) is 4.74 Å². The van der Waals surface area contributed by atoms with Crippen LogP contribution in [0.25, 0.3) is 0 Å². The van der Waals surface area contributed by atoms with Gasteiger partial charge in [0.15, 0.2) is 5.78 Å². The third-order valence-electron chi connectivity index (χ3n) is 2.95. The Labute approximate surface area is 105 Å². The van der Waals surface area contributed by atoms with Crippen molar-refractivity contribution >= 4 is 11.7 Å². The van der Waals surface area contributed by atoms with Crippen molar-refractivity contribution in [2.45, 2.75) is 13.0 Å². The fraction of sp³-hybridized carbons (Fsp3) is 0.500. The smallest absolute Gasteiger partial charge is 0.270 e. The van der Waals surface area contributed by atoms with Crippen LogP contribution in [0.1, 0.15) is 27.8 Å². The molecule has 0 bridgehead atoms. The lowest BCUT2D eigenvalue weighted by molar-refractivity contribution is -0.0448. The quantitative estimate of drug-likeness (QED) is 0.745. The highest BCUT2D eigenvalue weighted by Gasteiger charge is 2.25. The van der Waals surface area contributed by atoms with Gasteiger partial charge in [0.1, 0.15) is 5.69 Å². The van der Waals surface area contributed by atoms with Crippen LogP contribution in [0.4, 0.5) is 0 Å². The van der Waals surface area contributed by atoms with E-state index in [0.29, 0.717) is 31.0 Å². The Balaban J connectivity index is 2.07. The highest BCUT2D eigenvalue weighted by Crippen LogP contribution is 2.11.